The van der Waals surface area contributed by atoms with Gasteiger partial charge in [0.15, 0.2) is 5.78 Å². The first-order valence-corrected chi connectivity index (χ1v) is 13.3. The molecule has 0 saturated carbocycles. The van der Waals surface area contributed by atoms with Crippen LogP contribution < -0.4 is 9.47 Å². The molecule has 0 saturated heterocycles. The van der Waals surface area contributed by atoms with Gasteiger partial charge in [-0.25, -0.2) is 0 Å². The van der Waals surface area contributed by atoms with Gasteiger partial charge in [-0.15, -0.1) is 0 Å². The monoisotopic (exact) mass is 560 g/mol. The second-order valence-corrected chi connectivity index (χ2v) is 10.2. The molecule has 0 aromatic heterocycles. The fourth-order valence-corrected chi connectivity index (χ4v) is 2.49. The van der Waals surface area contributed by atoms with E-state index in [4.69, 9.17) is 14.6 Å². The number of para-hydroxylation sites is 1. The first-order valence-electron chi connectivity index (χ1n) is 13.3. The largest absolute Gasteiger partial charge is 0.496 e. The van der Waals surface area contributed by atoms with Gasteiger partial charge in [-0.2, -0.15) is 0 Å². The van der Waals surface area contributed by atoms with Gasteiger partial charge < -0.3 is 19.3 Å². The van der Waals surface area contributed by atoms with Crippen LogP contribution in [-0.2, 0) is 19.1 Å². The minimum Gasteiger partial charge on any atom is -0.496 e. The van der Waals surface area contributed by atoms with Crippen LogP contribution in [0.3, 0.4) is 0 Å². The van der Waals surface area contributed by atoms with Crippen molar-refractivity contribution in [2.45, 2.75) is 69.2 Å². The van der Waals surface area contributed by atoms with E-state index in [0.717, 1.165) is 22.6 Å². The van der Waals surface area contributed by atoms with Crippen molar-refractivity contribution in [1.82, 2.24) is 0 Å². The molecule has 0 fully saturated rings. The molecule has 0 spiro atoms. The molecule has 0 radical (unpaired) electrons. The van der Waals surface area contributed by atoms with E-state index in [1.807, 2.05) is 70.2 Å². The zero-order valence-corrected chi connectivity index (χ0v) is 26.2. The number of carboxylic acid groups (broad SMARTS) is 1. The third kappa shape index (κ3) is 16.3. The summed E-state index contributed by atoms with van der Waals surface area (Å²) >= 11 is 0. The maximum Gasteiger partial charge on any atom is 0.316 e. The maximum absolute atomic E-state index is 11.7. The van der Waals surface area contributed by atoms with Crippen molar-refractivity contribution in [3.8, 4) is 11.5 Å². The van der Waals surface area contributed by atoms with E-state index in [1.54, 1.807) is 55.8 Å². The van der Waals surface area contributed by atoms with Gasteiger partial charge in [-0.1, -0.05) is 73.6 Å². The van der Waals surface area contributed by atoms with Crippen LogP contribution in [-0.4, -0.2) is 43.0 Å². The number of rotatable bonds is 7. The van der Waals surface area contributed by atoms with Crippen molar-refractivity contribution in [2.24, 2.45) is 23.7 Å². The Morgan fingerprint density at radius 3 is 1.35 bits per heavy atom. The quantitative estimate of drug-likeness (QED) is 0.220. The Bertz CT molecular complexity index is 1050. The molecule has 0 aliphatic carbocycles. The molecule has 2 aromatic carbocycles. The molecule has 0 aliphatic rings. The van der Waals surface area contributed by atoms with Crippen LogP contribution in [0.2, 0.25) is 0 Å². The summed E-state index contributed by atoms with van der Waals surface area (Å²) in [5.41, 5.74) is 2.94. The van der Waals surface area contributed by atoms with Crippen LogP contribution in [0.25, 0.3) is 0 Å². The number of hydrogen-bond acceptors (Lipinski definition) is 7. The molecule has 8 nitrogen and oxygen atoms in total. The molecule has 8 heteroatoms. The minimum absolute atomic E-state index is 0.0443. The highest BCUT2D eigenvalue weighted by molar-refractivity contribution is 5.97. The van der Waals surface area contributed by atoms with Gasteiger partial charge in [0, 0.05) is 11.5 Å². The van der Waals surface area contributed by atoms with Crippen molar-refractivity contribution in [1.29, 1.82) is 0 Å². The minimum atomic E-state index is -0.741. The number of ketones is 1. The molecular formula is C32H48O8. The summed E-state index contributed by atoms with van der Waals surface area (Å²) in [6.45, 7) is 17.8. The van der Waals surface area contributed by atoms with Gasteiger partial charge in [0.1, 0.15) is 11.5 Å². The lowest BCUT2D eigenvalue weighted by molar-refractivity contribution is -0.164. The van der Waals surface area contributed by atoms with Crippen molar-refractivity contribution in [3.05, 3.63) is 59.2 Å². The lowest BCUT2D eigenvalue weighted by atomic mass is 9.99. The number of aliphatic carboxylic acids is 1. The zero-order valence-electron chi connectivity index (χ0n) is 26.2. The van der Waals surface area contributed by atoms with Crippen LogP contribution in [0.15, 0.2) is 42.5 Å². The van der Waals surface area contributed by atoms with E-state index >= 15 is 0 Å². The number of Topliss-reactive ketones (excluding diaryl/α,β-unsaturated/α-hetero) is 1. The van der Waals surface area contributed by atoms with Crippen molar-refractivity contribution < 1.29 is 38.5 Å². The van der Waals surface area contributed by atoms with E-state index in [-0.39, 0.29) is 29.5 Å². The fourth-order valence-electron chi connectivity index (χ4n) is 2.49. The lowest BCUT2D eigenvalue weighted by Crippen LogP contribution is -2.20. The van der Waals surface area contributed by atoms with Gasteiger partial charge in [-0.3, -0.25) is 19.2 Å². The molecule has 0 bridgehead atoms. The molecule has 0 heterocycles. The molecule has 1 N–H and O–H groups in total. The summed E-state index contributed by atoms with van der Waals surface area (Å²) in [5.74, 6) is -0.357. The van der Waals surface area contributed by atoms with Gasteiger partial charge in [0.2, 0.25) is 0 Å². The van der Waals surface area contributed by atoms with Gasteiger partial charge >= 0.3 is 17.9 Å². The Morgan fingerprint density at radius 1 is 0.625 bits per heavy atom. The highest BCUT2D eigenvalue weighted by Gasteiger charge is 2.16. The maximum atomic E-state index is 11.7. The summed E-state index contributed by atoms with van der Waals surface area (Å²) in [4.78, 5) is 43.0. The zero-order chi connectivity index (χ0) is 31.6. The molecule has 224 valence electrons. The third-order valence-corrected chi connectivity index (χ3v) is 5.16. The number of carbonyl (C=O) groups excluding carboxylic acids is 3. The number of ether oxygens (including phenoxy) is 3. The van der Waals surface area contributed by atoms with Crippen molar-refractivity contribution in [2.75, 3.05) is 14.2 Å². The number of aryl methyl sites for hydroxylation is 2. The topological polar surface area (TPSA) is 116 Å². The van der Waals surface area contributed by atoms with Crippen LogP contribution >= 0.6 is 0 Å². The molecular weight excluding hydrogens is 512 g/mol. The number of benzene rings is 2. The van der Waals surface area contributed by atoms with E-state index in [2.05, 4.69) is 4.74 Å². The predicted molar refractivity (Wildman–Crippen MR) is 158 cm³/mol. The molecule has 2 rings (SSSR count). The standard InChI is InChI=1S/C12H16O2.C8H14O3.C8H10O.C4H8O2/c1-8(2)12(13)10-5-6-11(14-4)9(3)7-10;1-5(2)7(9)11-8(10)6(3)4;1-7-5-3-4-6-8(7)9-2;1-3(2)4(5)6/h5-8H,1-4H3;5-6H,1-4H3;3-6H,1-2H3;3H,1-2H3,(H,5,6). The molecule has 0 atom stereocenters. The van der Waals surface area contributed by atoms with Gasteiger partial charge in [0.05, 0.1) is 32.0 Å². The highest BCUT2D eigenvalue weighted by atomic mass is 16.6. The molecule has 40 heavy (non-hydrogen) atoms. The summed E-state index contributed by atoms with van der Waals surface area (Å²) in [7, 11) is 3.31. The summed E-state index contributed by atoms with van der Waals surface area (Å²) in [5, 5.41) is 7.99. The first-order chi connectivity index (χ1) is 18.5. The number of carboxylic acids is 1. The summed E-state index contributed by atoms with van der Waals surface area (Å²) in [6, 6.07) is 13.5. The molecule has 0 amide bonds. The van der Waals surface area contributed by atoms with E-state index in [1.165, 1.54) is 5.56 Å². The average Bonchev–Trinajstić information content (AvgIpc) is 2.89. The Kier molecular flexibility index (Phi) is 19.5. The lowest BCUT2D eigenvalue weighted by Gasteiger charge is -2.08. The summed E-state index contributed by atoms with van der Waals surface area (Å²) < 4.78 is 14.7. The normalized spacial score (nSPS) is 9.90. The number of methoxy groups -OCH3 is 2. The molecule has 2 aromatic rings. The third-order valence-electron chi connectivity index (χ3n) is 5.16. The van der Waals surface area contributed by atoms with E-state index in [0.29, 0.717) is 0 Å². The molecule has 0 unspecified atom stereocenters. The second kappa shape index (κ2) is 20.3. The second-order valence-electron chi connectivity index (χ2n) is 10.2. The predicted octanol–water partition coefficient (Wildman–Crippen LogP) is 6.94. The van der Waals surface area contributed by atoms with Gasteiger partial charge in [-0.05, 0) is 49.2 Å². The van der Waals surface area contributed by atoms with E-state index < -0.39 is 17.9 Å². The van der Waals surface area contributed by atoms with Crippen LogP contribution in [0.1, 0.15) is 76.9 Å². The van der Waals surface area contributed by atoms with Crippen LogP contribution in [0.4, 0.5) is 0 Å². The Balaban J connectivity index is 0. The summed E-state index contributed by atoms with van der Waals surface area (Å²) in [6.07, 6.45) is 0. The Hall–Kier alpha value is -3.68. The number of carbonyl (C=O) groups is 4. The van der Waals surface area contributed by atoms with Crippen LogP contribution in [0, 0.1) is 37.5 Å². The smallest absolute Gasteiger partial charge is 0.316 e. The SMILES string of the molecule is CC(C)C(=O)O.CC(C)C(=O)OC(=O)C(C)C.COc1ccc(C(=O)C(C)C)cc1C.COc1ccccc1C. The van der Waals surface area contributed by atoms with Gasteiger partial charge in [0.25, 0.3) is 0 Å². The first kappa shape index (κ1) is 38.5. The number of hydrogen-bond donors (Lipinski definition) is 1. The molecule has 0 aliphatic heterocycles. The fraction of sp³-hybridized carbons (Fsp3) is 0.500. The van der Waals surface area contributed by atoms with Crippen LogP contribution in [0.5, 0.6) is 11.5 Å². The average molecular weight is 561 g/mol. The van der Waals surface area contributed by atoms with E-state index in [9.17, 15) is 19.2 Å². The van der Waals surface area contributed by atoms with Crippen molar-refractivity contribution >= 4 is 23.7 Å². The highest BCUT2D eigenvalue weighted by Crippen LogP contribution is 2.20. The number of esters is 2. The Labute approximate surface area is 240 Å². The Morgan fingerprint density at radius 2 is 1.05 bits per heavy atom. The van der Waals surface area contributed by atoms with Crippen molar-refractivity contribution in [3.63, 3.8) is 0 Å².